The molecule has 0 radical (unpaired) electrons. The highest BCUT2D eigenvalue weighted by molar-refractivity contribution is 6.04. The topological polar surface area (TPSA) is 109 Å². The van der Waals surface area contributed by atoms with E-state index in [9.17, 15) is 18.0 Å². The number of anilines is 2. The fourth-order valence-corrected chi connectivity index (χ4v) is 3.65. The van der Waals surface area contributed by atoms with E-state index in [0.717, 1.165) is 16.8 Å². The summed E-state index contributed by atoms with van der Waals surface area (Å²) < 4.78 is 40.9. The zero-order valence-electron chi connectivity index (χ0n) is 17.4. The molecule has 8 nitrogen and oxygen atoms in total. The molecule has 3 aromatic rings. The number of hydrogen-bond acceptors (Lipinski definition) is 5. The van der Waals surface area contributed by atoms with Gasteiger partial charge in [0.25, 0.3) is 5.91 Å². The minimum absolute atomic E-state index is 0.189. The van der Waals surface area contributed by atoms with Crippen molar-refractivity contribution in [1.82, 2.24) is 9.78 Å². The number of hydrogen-bond donors (Lipinski definition) is 3. The molecule has 2 aromatic carbocycles. The van der Waals surface area contributed by atoms with Crippen LogP contribution in [0.4, 0.5) is 24.5 Å². The largest absolute Gasteiger partial charge is 0.435 e. The van der Waals surface area contributed by atoms with Gasteiger partial charge in [-0.15, -0.1) is 0 Å². The van der Waals surface area contributed by atoms with Crippen LogP contribution in [0.25, 0.3) is 5.69 Å². The van der Waals surface area contributed by atoms with Crippen LogP contribution < -0.4 is 16.0 Å². The molecule has 0 atom stereocenters. The molecule has 1 fully saturated rings. The quantitative estimate of drug-likeness (QED) is 0.396. The molecule has 0 bridgehead atoms. The lowest BCUT2D eigenvalue weighted by Crippen LogP contribution is -2.24. The molecule has 0 spiro atoms. The number of carbonyl (C=O) groups excluding carboxylic acids is 1. The van der Waals surface area contributed by atoms with E-state index in [2.05, 4.69) is 15.6 Å². The minimum atomic E-state index is -4.71. The monoisotopic (exact) mass is 458 g/mol. The lowest BCUT2D eigenvalue weighted by Gasteiger charge is -2.18. The number of carbonyl (C=O) groups is 1. The summed E-state index contributed by atoms with van der Waals surface area (Å²) in [5.41, 5.74) is 6.34. The van der Waals surface area contributed by atoms with Crippen molar-refractivity contribution in [2.45, 2.75) is 25.6 Å². The molecule has 1 aliphatic rings. The fraction of sp³-hybridized carbons (Fsp3) is 0.227. The van der Waals surface area contributed by atoms with Crippen molar-refractivity contribution in [1.29, 1.82) is 0 Å². The van der Waals surface area contributed by atoms with Crippen molar-refractivity contribution in [2.75, 3.05) is 16.8 Å². The molecule has 11 heteroatoms. The van der Waals surface area contributed by atoms with E-state index >= 15 is 0 Å². The average molecular weight is 458 g/mol. The summed E-state index contributed by atoms with van der Waals surface area (Å²) in [6.07, 6.45) is -3.20. The van der Waals surface area contributed by atoms with Crippen molar-refractivity contribution in [3.63, 3.8) is 0 Å². The Morgan fingerprint density at radius 2 is 1.91 bits per heavy atom. The molecule has 0 saturated carbocycles. The van der Waals surface area contributed by atoms with Crippen LogP contribution in [0, 0.1) is 0 Å². The van der Waals surface area contributed by atoms with E-state index in [-0.39, 0.29) is 12.2 Å². The number of oxime groups is 1. The number of aromatic nitrogens is 2. The maximum Gasteiger partial charge on any atom is 0.435 e. The second-order valence-corrected chi connectivity index (χ2v) is 7.47. The number of amidine groups is 1. The normalized spacial score (nSPS) is 15.3. The van der Waals surface area contributed by atoms with E-state index in [1.807, 2.05) is 4.90 Å². The Labute approximate surface area is 187 Å². The van der Waals surface area contributed by atoms with Crippen LogP contribution in [-0.4, -0.2) is 33.3 Å². The highest BCUT2D eigenvalue weighted by Crippen LogP contribution is 2.30. The molecule has 2 heterocycles. The smallest absolute Gasteiger partial charge is 0.409 e. The van der Waals surface area contributed by atoms with Gasteiger partial charge < -0.3 is 21.2 Å². The maximum absolute atomic E-state index is 13.3. The van der Waals surface area contributed by atoms with Crippen LogP contribution in [0.15, 0.2) is 59.8 Å². The summed E-state index contributed by atoms with van der Waals surface area (Å²) in [7, 11) is 0. The Morgan fingerprint density at radius 1 is 1.15 bits per heavy atom. The number of nitrogens with zero attached hydrogens (tertiary/aromatic N) is 4. The molecule has 1 aromatic heterocycles. The number of benzene rings is 2. The van der Waals surface area contributed by atoms with Gasteiger partial charge in [-0.25, -0.2) is 4.68 Å². The molecule has 33 heavy (non-hydrogen) atoms. The summed E-state index contributed by atoms with van der Waals surface area (Å²) in [5, 5.41) is 18.6. The molecular weight excluding hydrogens is 437 g/mol. The van der Waals surface area contributed by atoms with Crippen LogP contribution in [0.1, 0.15) is 34.6 Å². The van der Waals surface area contributed by atoms with Gasteiger partial charge >= 0.3 is 6.18 Å². The highest BCUT2D eigenvalue weighted by atomic mass is 19.4. The van der Waals surface area contributed by atoms with E-state index in [0.29, 0.717) is 41.8 Å². The molecule has 1 saturated heterocycles. The van der Waals surface area contributed by atoms with E-state index < -0.39 is 17.8 Å². The summed E-state index contributed by atoms with van der Waals surface area (Å²) in [4.78, 5) is 14.8. The predicted molar refractivity (Wildman–Crippen MR) is 117 cm³/mol. The number of alkyl halides is 3. The minimum Gasteiger partial charge on any atom is -0.409 e. The van der Waals surface area contributed by atoms with Crippen molar-refractivity contribution in [2.24, 2.45) is 10.9 Å². The Bertz CT molecular complexity index is 1190. The second kappa shape index (κ2) is 8.94. The second-order valence-electron chi connectivity index (χ2n) is 7.47. The van der Waals surface area contributed by atoms with E-state index in [1.54, 1.807) is 48.5 Å². The van der Waals surface area contributed by atoms with Gasteiger partial charge in [0.2, 0.25) is 0 Å². The molecule has 1 aliphatic heterocycles. The van der Waals surface area contributed by atoms with Crippen molar-refractivity contribution in [3.8, 4) is 5.69 Å². The third-order valence-corrected chi connectivity index (χ3v) is 5.27. The molecule has 4 N–H and O–H groups in total. The lowest BCUT2D eigenvalue weighted by atomic mass is 10.2. The lowest BCUT2D eigenvalue weighted by molar-refractivity contribution is -0.141. The van der Waals surface area contributed by atoms with Gasteiger partial charge in [-0.05, 0) is 48.4 Å². The SMILES string of the molecule is NCc1cccc(-n2nc(C(F)(F)F)cc2C(=O)Nc2ccc(N3CCCC3=NO)cc2)c1. The van der Waals surface area contributed by atoms with E-state index in [1.165, 1.54) is 0 Å². The first kappa shape index (κ1) is 22.3. The summed E-state index contributed by atoms with van der Waals surface area (Å²) in [5.74, 6) is -0.197. The first-order valence-electron chi connectivity index (χ1n) is 10.2. The third kappa shape index (κ3) is 4.67. The fourth-order valence-electron chi connectivity index (χ4n) is 3.65. The summed E-state index contributed by atoms with van der Waals surface area (Å²) in [6, 6.07) is 13.9. The number of nitrogens with two attached hydrogens (primary N) is 1. The standard InChI is InChI=1S/C22H21F3N6O2/c23-22(24,25)19-12-18(31(28-19)17-4-1-3-14(11-17)13-26)21(32)27-15-6-8-16(9-7-15)30-10-2-5-20(30)29-33/h1,3-4,6-9,11-12,33H,2,5,10,13,26H2,(H,27,32). The Kier molecular flexibility index (Phi) is 6.05. The predicted octanol–water partition coefficient (Wildman–Crippen LogP) is 3.99. The first-order valence-corrected chi connectivity index (χ1v) is 10.2. The van der Waals surface area contributed by atoms with Crippen LogP contribution in [0.2, 0.25) is 0 Å². The van der Waals surface area contributed by atoms with Gasteiger partial charge in [0.05, 0.1) is 5.69 Å². The molecule has 172 valence electrons. The summed E-state index contributed by atoms with van der Waals surface area (Å²) >= 11 is 0. The van der Waals surface area contributed by atoms with Gasteiger partial charge in [-0.2, -0.15) is 18.3 Å². The molecule has 4 rings (SSSR count). The third-order valence-electron chi connectivity index (χ3n) is 5.27. The maximum atomic E-state index is 13.3. The Morgan fingerprint density at radius 3 is 2.58 bits per heavy atom. The number of nitrogens with one attached hydrogen (secondary N) is 1. The van der Waals surface area contributed by atoms with Crippen LogP contribution >= 0.6 is 0 Å². The van der Waals surface area contributed by atoms with Gasteiger partial charge in [0.1, 0.15) is 11.5 Å². The van der Waals surface area contributed by atoms with Gasteiger partial charge in [-0.1, -0.05) is 17.3 Å². The van der Waals surface area contributed by atoms with Crippen LogP contribution in [0.5, 0.6) is 0 Å². The van der Waals surface area contributed by atoms with Gasteiger partial charge in [0, 0.05) is 37.0 Å². The van der Waals surface area contributed by atoms with Gasteiger partial charge in [0.15, 0.2) is 5.69 Å². The Hall–Kier alpha value is -3.86. The summed E-state index contributed by atoms with van der Waals surface area (Å²) in [6.45, 7) is 0.890. The number of halogens is 3. The zero-order chi connectivity index (χ0) is 23.6. The molecule has 0 aliphatic carbocycles. The molecule has 0 unspecified atom stereocenters. The highest BCUT2D eigenvalue weighted by Gasteiger charge is 2.36. The van der Waals surface area contributed by atoms with E-state index in [4.69, 9.17) is 10.9 Å². The van der Waals surface area contributed by atoms with Crippen molar-refractivity contribution in [3.05, 3.63) is 71.5 Å². The number of rotatable bonds is 5. The molecule has 1 amide bonds. The average Bonchev–Trinajstić information content (AvgIpc) is 3.47. The number of amides is 1. The van der Waals surface area contributed by atoms with Crippen LogP contribution in [-0.2, 0) is 12.7 Å². The first-order chi connectivity index (χ1) is 15.8. The van der Waals surface area contributed by atoms with Gasteiger partial charge in [-0.3, -0.25) is 4.79 Å². The van der Waals surface area contributed by atoms with Crippen molar-refractivity contribution < 1.29 is 23.2 Å². The Balaban J connectivity index is 1.62. The zero-order valence-corrected chi connectivity index (χ0v) is 17.4. The van der Waals surface area contributed by atoms with Crippen LogP contribution in [0.3, 0.4) is 0 Å². The molecular formula is C22H21F3N6O2. The van der Waals surface area contributed by atoms with Crippen molar-refractivity contribution >= 4 is 23.1 Å².